The second kappa shape index (κ2) is 8.90. The Morgan fingerprint density at radius 2 is 1.52 bits per heavy atom. The number of anilines is 2. The molecular weight excluding hydrogens is 419 g/mol. The van der Waals surface area contributed by atoms with Crippen LogP contribution in [0.15, 0.2) is 72.4 Å². The normalized spacial score (nSPS) is 13.8. The van der Waals surface area contributed by atoms with Crippen LogP contribution in [-0.2, 0) is 9.59 Å². The molecule has 0 spiro atoms. The van der Waals surface area contributed by atoms with Crippen molar-refractivity contribution in [3.63, 3.8) is 0 Å². The maximum atomic E-state index is 13.5. The number of hydrogen-bond acceptors (Lipinski definition) is 4. The molecule has 33 heavy (non-hydrogen) atoms. The molecule has 168 valence electrons. The smallest absolute Gasteiger partial charge is 0.282 e. The molecule has 0 bridgehead atoms. The van der Waals surface area contributed by atoms with E-state index in [1.165, 1.54) is 24.3 Å². The first-order valence-corrected chi connectivity index (χ1v) is 10.7. The van der Waals surface area contributed by atoms with Crippen molar-refractivity contribution >= 4 is 28.8 Å². The van der Waals surface area contributed by atoms with E-state index >= 15 is 0 Å². The van der Waals surface area contributed by atoms with Gasteiger partial charge in [-0.3, -0.25) is 9.59 Å². The number of halogens is 1. The molecule has 0 atom stereocenters. The van der Waals surface area contributed by atoms with E-state index in [0.717, 1.165) is 16.0 Å². The van der Waals surface area contributed by atoms with Crippen molar-refractivity contribution in [2.24, 2.45) is 0 Å². The summed E-state index contributed by atoms with van der Waals surface area (Å²) in [6, 6.07) is 18.1. The van der Waals surface area contributed by atoms with E-state index in [0.29, 0.717) is 22.7 Å². The Labute approximate surface area is 192 Å². The molecule has 0 saturated heterocycles. The lowest BCUT2D eigenvalue weighted by Crippen LogP contribution is -2.32. The van der Waals surface area contributed by atoms with Gasteiger partial charge in [0.15, 0.2) is 0 Å². The van der Waals surface area contributed by atoms with Crippen molar-refractivity contribution < 1.29 is 18.7 Å². The summed E-state index contributed by atoms with van der Waals surface area (Å²) in [6.07, 6.45) is 0.0428. The first-order chi connectivity index (χ1) is 15.7. The number of amides is 2. The molecular formula is C27H25FN2O3. The molecule has 1 N–H and O–H groups in total. The molecule has 1 aliphatic heterocycles. The van der Waals surface area contributed by atoms with Crippen molar-refractivity contribution in [3.8, 4) is 5.75 Å². The molecule has 0 saturated carbocycles. The maximum Gasteiger partial charge on any atom is 0.282 e. The summed E-state index contributed by atoms with van der Waals surface area (Å²) in [5.41, 5.74) is 4.13. The highest BCUT2D eigenvalue weighted by Crippen LogP contribution is 2.34. The van der Waals surface area contributed by atoms with Gasteiger partial charge in [-0.1, -0.05) is 18.2 Å². The summed E-state index contributed by atoms with van der Waals surface area (Å²) in [7, 11) is 0. The number of carbonyl (C=O) groups is 2. The second-order valence-corrected chi connectivity index (χ2v) is 8.29. The van der Waals surface area contributed by atoms with Gasteiger partial charge in [-0.15, -0.1) is 0 Å². The van der Waals surface area contributed by atoms with Crippen molar-refractivity contribution in [3.05, 3.63) is 94.9 Å². The standard InChI is InChI=1S/C27H25FN2O3/c1-16(2)33-23-13-9-21(10-14-23)29-25-24(19-6-5-17(3)18(4)15-19)26(31)30(27(25)32)22-11-7-20(28)8-12-22/h5-16,29H,1-4H3. The van der Waals surface area contributed by atoms with Crippen LogP contribution in [-0.4, -0.2) is 17.9 Å². The van der Waals surface area contributed by atoms with E-state index in [-0.39, 0.29) is 17.4 Å². The quantitative estimate of drug-likeness (QED) is 0.501. The highest BCUT2D eigenvalue weighted by atomic mass is 19.1. The largest absolute Gasteiger partial charge is 0.491 e. The fraction of sp³-hybridized carbons (Fsp3) is 0.185. The third-order valence-electron chi connectivity index (χ3n) is 5.46. The number of benzene rings is 3. The van der Waals surface area contributed by atoms with Gasteiger partial charge in [0.2, 0.25) is 0 Å². The lowest BCUT2D eigenvalue weighted by atomic mass is 9.99. The zero-order valence-electron chi connectivity index (χ0n) is 19.0. The predicted molar refractivity (Wildman–Crippen MR) is 128 cm³/mol. The van der Waals surface area contributed by atoms with Crippen LogP contribution in [0.2, 0.25) is 0 Å². The lowest BCUT2D eigenvalue weighted by Gasteiger charge is -2.15. The van der Waals surface area contributed by atoms with Crippen molar-refractivity contribution in [1.82, 2.24) is 0 Å². The van der Waals surface area contributed by atoms with Crippen LogP contribution in [0.25, 0.3) is 5.57 Å². The minimum Gasteiger partial charge on any atom is -0.491 e. The number of nitrogens with one attached hydrogen (secondary N) is 1. The molecule has 3 aromatic rings. The van der Waals surface area contributed by atoms with Gasteiger partial charge in [-0.2, -0.15) is 0 Å². The minimum atomic E-state index is -0.498. The molecule has 3 aromatic carbocycles. The van der Waals surface area contributed by atoms with Gasteiger partial charge in [0.25, 0.3) is 11.8 Å². The topological polar surface area (TPSA) is 58.6 Å². The fourth-order valence-electron chi connectivity index (χ4n) is 3.67. The van der Waals surface area contributed by atoms with Gasteiger partial charge in [0.05, 0.1) is 17.4 Å². The highest BCUT2D eigenvalue weighted by molar-refractivity contribution is 6.46. The number of hydrogen-bond donors (Lipinski definition) is 1. The van der Waals surface area contributed by atoms with E-state index in [4.69, 9.17) is 4.74 Å². The van der Waals surface area contributed by atoms with E-state index in [1.807, 2.05) is 45.9 Å². The first-order valence-electron chi connectivity index (χ1n) is 10.7. The van der Waals surface area contributed by atoms with Crippen molar-refractivity contribution in [2.45, 2.75) is 33.8 Å². The molecule has 5 nitrogen and oxygen atoms in total. The summed E-state index contributed by atoms with van der Waals surface area (Å²) in [4.78, 5) is 28.0. The van der Waals surface area contributed by atoms with Gasteiger partial charge < -0.3 is 10.1 Å². The summed E-state index contributed by atoms with van der Waals surface area (Å²) < 4.78 is 19.1. The number of aryl methyl sites for hydroxylation is 2. The van der Waals surface area contributed by atoms with Gasteiger partial charge >= 0.3 is 0 Å². The molecule has 1 aliphatic rings. The molecule has 1 heterocycles. The van der Waals surface area contributed by atoms with Crippen LogP contribution in [0.1, 0.15) is 30.5 Å². The molecule has 0 aliphatic carbocycles. The maximum absolute atomic E-state index is 13.5. The van der Waals surface area contributed by atoms with Crippen LogP contribution in [0.4, 0.5) is 15.8 Å². The average Bonchev–Trinajstić information content (AvgIpc) is 3.01. The van der Waals surface area contributed by atoms with Crippen LogP contribution in [0.5, 0.6) is 5.75 Å². The van der Waals surface area contributed by atoms with Gasteiger partial charge in [-0.05, 0) is 92.9 Å². The van der Waals surface area contributed by atoms with Gasteiger partial charge in [0.1, 0.15) is 17.3 Å². The number of carbonyl (C=O) groups excluding carboxylic acids is 2. The molecule has 0 fully saturated rings. The molecule has 0 radical (unpaired) electrons. The third-order valence-corrected chi connectivity index (χ3v) is 5.46. The summed E-state index contributed by atoms with van der Waals surface area (Å²) in [5.74, 6) is -0.692. The summed E-state index contributed by atoms with van der Waals surface area (Å²) in [6.45, 7) is 7.83. The molecule has 2 amide bonds. The Morgan fingerprint density at radius 3 is 2.12 bits per heavy atom. The van der Waals surface area contributed by atoms with Crippen LogP contribution >= 0.6 is 0 Å². The SMILES string of the molecule is Cc1ccc(C2=C(Nc3ccc(OC(C)C)cc3)C(=O)N(c3ccc(F)cc3)C2=O)cc1C. The Morgan fingerprint density at radius 1 is 0.848 bits per heavy atom. The molecule has 6 heteroatoms. The van der Waals surface area contributed by atoms with Crippen LogP contribution in [0, 0.1) is 19.7 Å². The molecule has 0 unspecified atom stereocenters. The fourth-order valence-corrected chi connectivity index (χ4v) is 3.67. The Balaban J connectivity index is 1.76. The highest BCUT2D eigenvalue weighted by Gasteiger charge is 2.40. The predicted octanol–water partition coefficient (Wildman–Crippen LogP) is 5.63. The van der Waals surface area contributed by atoms with E-state index in [9.17, 15) is 14.0 Å². The molecule has 4 rings (SSSR count). The number of ether oxygens (including phenoxy) is 1. The van der Waals surface area contributed by atoms with Gasteiger partial charge in [-0.25, -0.2) is 9.29 Å². The first kappa shape index (κ1) is 22.3. The second-order valence-electron chi connectivity index (χ2n) is 8.29. The zero-order valence-corrected chi connectivity index (χ0v) is 19.0. The zero-order chi connectivity index (χ0) is 23.7. The average molecular weight is 445 g/mol. The Bertz CT molecular complexity index is 1250. The lowest BCUT2D eigenvalue weighted by molar-refractivity contribution is -0.120. The monoisotopic (exact) mass is 444 g/mol. The summed E-state index contributed by atoms with van der Waals surface area (Å²) >= 11 is 0. The number of rotatable bonds is 6. The Hall–Kier alpha value is -3.93. The van der Waals surface area contributed by atoms with E-state index < -0.39 is 17.6 Å². The van der Waals surface area contributed by atoms with E-state index in [2.05, 4.69) is 5.32 Å². The summed E-state index contributed by atoms with van der Waals surface area (Å²) in [5, 5.41) is 3.13. The number of imide groups is 1. The number of nitrogens with zero attached hydrogens (tertiary/aromatic N) is 1. The van der Waals surface area contributed by atoms with Crippen molar-refractivity contribution in [2.75, 3.05) is 10.2 Å². The minimum absolute atomic E-state index is 0.0428. The molecule has 0 aromatic heterocycles. The van der Waals surface area contributed by atoms with Crippen molar-refractivity contribution in [1.29, 1.82) is 0 Å². The van der Waals surface area contributed by atoms with Crippen LogP contribution < -0.4 is 15.0 Å². The van der Waals surface area contributed by atoms with Gasteiger partial charge in [0, 0.05) is 5.69 Å². The van der Waals surface area contributed by atoms with Crippen LogP contribution in [0.3, 0.4) is 0 Å². The van der Waals surface area contributed by atoms with E-state index in [1.54, 1.807) is 24.3 Å². The third kappa shape index (κ3) is 4.51. The Kier molecular flexibility index (Phi) is 6.01.